The number of carbonyl (C=O) groups is 4. The van der Waals surface area contributed by atoms with E-state index >= 15 is 0 Å². The molecule has 0 fully saturated rings. The monoisotopic (exact) mass is 458 g/mol. The highest BCUT2D eigenvalue weighted by Gasteiger charge is 2.11. The number of esters is 2. The van der Waals surface area contributed by atoms with E-state index in [-0.39, 0.29) is 11.5 Å². The molecular weight excluding hydrogens is 440 g/mol. The normalized spacial score (nSPS) is 9.88. The van der Waals surface area contributed by atoms with Gasteiger partial charge in [0.05, 0.1) is 0 Å². The Bertz CT molecular complexity index is 1120. The molecule has 0 aliphatic rings. The number of benzene rings is 3. The molecule has 0 saturated carbocycles. The smallest absolute Gasteiger partial charge is 0.395 e. The zero-order chi connectivity index (χ0) is 24.5. The second-order valence-corrected chi connectivity index (χ2v) is 6.58. The van der Waals surface area contributed by atoms with Crippen molar-refractivity contribution in [2.75, 3.05) is 0 Å². The van der Waals surface area contributed by atoms with Crippen LogP contribution < -0.4 is 9.47 Å². The number of hydrogen-bond acceptors (Lipinski definition) is 8. The molecule has 0 radical (unpaired) electrons. The van der Waals surface area contributed by atoms with Gasteiger partial charge in [-0.1, -0.05) is 61.7 Å². The average Bonchev–Trinajstić information content (AvgIpc) is 2.84. The van der Waals surface area contributed by atoms with Gasteiger partial charge in [0.15, 0.2) is 0 Å². The predicted molar refractivity (Wildman–Crippen MR) is 122 cm³/mol. The summed E-state index contributed by atoms with van der Waals surface area (Å²) in [6.45, 7) is 6.40. The van der Waals surface area contributed by atoms with Crippen molar-refractivity contribution in [3.05, 3.63) is 98.1 Å². The van der Waals surface area contributed by atoms with Crippen LogP contribution in [0.4, 0.5) is 9.59 Å². The van der Waals surface area contributed by atoms with Crippen LogP contribution in [0.2, 0.25) is 0 Å². The Kier molecular flexibility index (Phi) is 7.70. The van der Waals surface area contributed by atoms with E-state index in [0.29, 0.717) is 0 Å². The van der Waals surface area contributed by atoms with Gasteiger partial charge in [0, 0.05) is 12.2 Å². The van der Waals surface area contributed by atoms with Crippen LogP contribution in [0.1, 0.15) is 0 Å². The molecule has 170 valence electrons. The van der Waals surface area contributed by atoms with Crippen molar-refractivity contribution in [3.8, 4) is 33.8 Å². The van der Waals surface area contributed by atoms with Gasteiger partial charge in [-0.05, 0) is 46.5 Å². The molecular formula is C26H18O8. The Balaban J connectivity index is 1.62. The minimum absolute atomic E-state index is 0.224. The van der Waals surface area contributed by atoms with Crippen molar-refractivity contribution < 1.29 is 38.1 Å². The van der Waals surface area contributed by atoms with Crippen LogP contribution in [0, 0.1) is 0 Å². The first-order valence-electron chi connectivity index (χ1n) is 9.81. The zero-order valence-electron chi connectivity index (χ0n) is 17.8. The summed E-state index contributed by atoms with van der Waals surface area (Å²) in [6, 6.07) is 21.0. The fourth-order valence-electron chi connectivity index (χ4n) is 2.77. The van der Waals surface area contributed by atoms with Crippen LogP contribution >= 0.6 is 0 Å². The summed E-state index contributed by atoms with van der Waals surface area (Å²) in [6.07, 6.45) is -0.553. The van der Waals surface area contributed by atoms with Crippen molar-refractivity contribution in [1.29, 1.82) is 0 Å². The topological polar surface area (TPSA) is 105 Å². The van der Waals surface area contributed by atoms with Crippen molar-refractivity contribution in [3.63, 3.8) is 0 Å². The number of rotatable bonds is 6. The lowest BCUT2D eigenvalue weighted by Gasteiger charge is -2.08. The van der Waals surface area contributed by atoms with Crippen LogP contribution in [0.3, 0.4) is 0 Å². The maximum absolute atomic E-state index is 11.5. The molecule has 8 heteroatoms. The van der Waals surface area contributed by atoms with E-state index in [1.165, 1.54) is 0 Å². The molecule has 0 amide bonds. The molecule has 0 spiro atoms. The summed E-state index contributed by atoms with van der Waals surface area (Å²) < 4.78 is 18.6. The lowest BCUT2D eigenvalue weighted by Crippen LogP contribution is -2.14. The third-order valence-corrected chi connectivity index (χ3v) is 4.36. The van der Waals surface area contributed by atoms with E-state index in [1.807, 2.05) is 24.3 Å². The van der Waals surface area contributed by atoms with Crippen molar-refractivity contribution in [1.82, 2.24) is 0 Å². The molecule has 3 aromatic rings. The first-order valence-corrected chi connectivity index (χ1v) is 9.81. The van der Waals surface area contributed by atoms with Crippen LogP contribution in [0.15, 0.2) is 98.1 Å². The van der Waals surface area contributed by atoms with Gasteiger partial charge in [-0.15, -0.1) is 0 Å². The molecule has 34 heavy (non-hydrogen) atoms. The van der Waals surface area contributed by atoms with E-state index < -0.39 is 24.2 Å². The Hall–Kier alpha value is -4.98. The fourth-order valence-corrected chi connectivity index (χ4v) is 2.77. The second-order valence-electron chi connectivity index (χ2n) is 6.58. The molecule has 0 N–H and O–H groups in total. The molecule has 0 saturated heterocycles. The third kappa shape index (κ3) is 6.51. The standard InChI is InChI=1S/C26H18O8/c1-3-23(27)33-25(29)31-21-13-9-19(10-14-21)17-5-7-18(8-6-17)20-11-15-22(16-12-20)32-26(30)34-24(28)4-2/h3-16H,1-2H2. The van der Waals surface area contributed by atoms with Crippen LogP contribution in [0.5, 0.6) is 11.5 Å². The summed E-state index contributed by atoms with van der Waals surface area (Å²) in [5, 5.41) is 0. The summed E-state index contributed by atoms with van der Waals surface area (Å²) in [4.78, 5) is 45.0. The summed E-state index contributed by atoms with van der Waals surface area (Å²) in [5.41, 5.74) is 3.61. The number of carbonyl (C=O) groups excluding carboxylic acids is 4. The van der Waals surface area contributed by atoms with E-state index in [0.717, 1.165) is 34.4 Å². The first-order chi connectivity index (χ1) is 16.4. The summed E-state index contributed by atoms with van der Waals surface area (Å²) in [7, 11) is 0. The van der Waals surface area contributed by atoms with Gasteiger partial charge in [0.1, 0.15) is 11.5 Å². The maximum atomic E-state index is 11.5. The Labute approximate surface area is 194 Å². The highest BCUT2D eigenvalue weighted by atomic mass is 16.7. The van der Waals surface area contributed by atoms with E-state index in [4.69, 9.17) is 9.47 Å². The largest absolute Gasteiger partial charge is 0.521 e. The lowest BCUT2D eigenvalue weighted by molar-refractivity contribution is -0.134. The molecule has 0 aliphatic heterocycles. The van der Waals surface area contributed by atoms with Gasteiger partial charge in [0.25, 0.3) is 0 Å². The first kappa shape index (κ1) is 23.7. The Morgan fingerprint density at radius 2 is 0.765 bits per heavy atom. The lowest BCUT2D eigenvalue weighted by atomic mass is 10.0. The molecule has 0 atom stereocenters. The average molecular weight is 458 g/mol. The Morgan fingerprint density at radius 1 is 0.500 bits per heavy atom. The van der Waals surface area contributed by atoms with E-state index in [2.05, 4.69) is 22.6 Å². The minimum Gasteiger partial charge on any atom is -0.395 e. The van der Waals surface area contributed by atoms with Crippen molar-refractivity contribution in [2.24, 2.45) is 0 Å². The van der Waals surface area contributed by atoms with Gasteiger partial charge in [0.2, 0.25) is 0 Å². The highest BCUT2D eigenvalue weighted by molar-refractivity contribution is 5.90. The van der Waals surface area contributed by atoms with Gasteiger partial charge in [-0.25, -0.2) is 19.2 Å². The van der Waals surface area contributed by atoms with Gasteiger partial charge in [-0.3, -0.25) is 0 Å². The van der Waals surface area contributed by atoms with Gasteiger partial charge in [-0.2, -0.15) is 0 Å². The van der Waals surface area contributed by atoms with E-state index in [9.17, 15) is 19.2 Å². The van der Waals surface area contributed by atoms with Gasteiger partial charge < -0.3 is 18.9 Å². The fraction of sp³-hybridized carbons (Fsp3) is 0. The van der Waals surface area contributed by atoms with Gasteiger partial charge >= 0.3 is 24.2 Å². The summed E-state index contributed by atoms with van der Waals surface area (Å²) in [5.74, 6) is -1.35. The quantitative estimate of drug-likeness (QED) is 0.207. The molecule has 0 heterocycles. The number of hydrogen-bond donors (Lipinski definition) is 0. The van der Waals surface area contributed by atoms with Crippen molar-refractivity contribution >= 4 is 24.2 Å². The zero-order valence-corrected chi connectivity index (χ0v) is 17.8. The van der Waals surface area contributed by atoms with Crippen LogP contribution in [-0.2, 0) is 19.1 Å². The summed E-state index contributed by atoms with van der Waals surface area (Å²) >= 11 is 0. The predicted octanol–water partition coefficient (Wildman–Crippen LogP) is 5.48. The maximum Gasteiger partial charge on any atom is 0.521 e. The SMILES string of the molecule is C=CC(=O)OC(=O)Oc1ccc(-c2ccc(-c3ccc(OC(=O)OC(=O)C=C)cc3)cc2)cc1. The van der Waals surface area contributed by atoms with Crippen molar-refractivity contribution in [2.45, 2.75) is 0 Å². The minimum atomic E-state index is -1.14. The molecule has 0 unspecified atom stereocenters. The second kappa shape index (κ2) is 11.1. The van der Waals surface area contributed by atoms with E-state index in [1.54, 1.807) is 48.5 Å². The number of ether oxygens (including phenoxy) is 4. The molecule has 0 bridgehead atoms. The molecule has 3 aromatic carbocycles. The molecule has 0 aliphatic carbocycles. The molecule has 8 nitrogen and oxygen atoms in total. The Morgan fingerprint density at radius 3 is 1.03 bits per heavy atom. The van der Waals surface area contributed by atoms with Crippen LogP contribution in [0.25, 0.3) is 22.3 Å². The third-order valence-electron chi connectivity index (χ3n) is 4.36. The molecule has 3 rings (SSSR count). The highest BCUT2D eigenvalue weighted by Crippen LogP contribution is 2.27. The molecule has 0 aromatic heterocycles. The van der Waals surface area contributed by atoms with Crippen LogP contribution in [-0.4, -0.2) is 24.2 Å².